The van der Waals surface area contributed by atoms with Crippen molar-refractivity contribution in [3.63, 3.8) is 0 Å². The highest BCUT2D eigenvalue weighted by Crippen LogP contribution is 2.25. The van der Waals surface area contributed by atoms with Crippen LogP contribution < -0.4 is 5.32 Å². The molecule has 1 aromatic rings. The van der Waals surface area contributed by atoms with Crippen molar-refractivity contribution in [1.29, 1.82) is 0 Å². The van der Waals surface area contributed by atoms with Crippen molar-refractivity contribution in [2.75, 3.05) is 5.32 Å². The zero-order chi connectivity index (χ0) is 13.9. The Morgan fingerprint density at radius 3 is 2.56 bits per heavy atom. The van der Waals surface area contributed by atoms with Crippen molar-refractivity contribution in [3.05, 3.63) is 17.0 Å². The Hall–Kier alpha value is -1.89. The molecule has 1 rings (SSSR count). The fraction of sp³-hybridized carbons (Fsp3) is 0.364. The molecule has 0 aromatic carbocycles. The van der Waals surface area contributed by atoms with Gasteiger partial charge in [-0.05, 0) is 32.3 Å². The van der Waals surface area contributed by atoms with Crippen molar-refractivity contribution >= 4 is 35.5 Å². The van der Waals surface area contributed by atoms with Gasteiger partial charge < -0.3 is 9.84 Å². The number of hydrogen-bond donors (Lipinski definition) is 2. The molecule has 0 saturated carbocycles. The van der Waals surface area contributed by atoms with Crippen LogP contribution in [0.4, 0.5) is 10.6 Å². The van der Waals surface area contributed by atoms with Crippen LogP contribution in [0, 0.1) is 0 Å². The molecule has 1 amide bonds. The van der Waals surface area contributed by atoms with Gasteiger partial charge in [-0.25, -0.2) is 9.59 Å². The van der Waals surface area contributed by atoms with Crippen LogP contribution in [-0.4, -0.2) is 27.1 Å². The number of carbonyl (C=O) groups excluding carboxylic acids is 1. The van der Waals surface area contributed by atoms with E-state index in [0.29, 0.717) is 0 Å². The summed E-state index contributed by atoms with van der Waals surface area (Å²) in [6.07, 6.45) is 0.646. The Balaban J connectivity index is 2.89. The van der Waals surface area contributed by atoms with Crippen molar-refractivity contribution in [2.24, 2.45) is 0 Å². The van der Waals surface area contributed by atoms with Gasteiger partial charge in [0.25, 0.3) is 0 Å². The van der Waals surface area contributed by atoms with E-state index >= 15 is 0 Å². The van der Waals surface area contributed by atoms with Gasteiger partial charge in [-0.3, -0.25) is 5.32 Å². The molecule has 0 spiro atoms. The van der Waals surface area contributed by atoms with E-state index in [9.17, 15) is 9.59 Å². The summed E-state index contributed by atoms with van der Waals surface area (Å²) in [6.45, 7) is 8.68. The van der Waals surface area contributed by atoms with Crippen LogP contribution in [0.3, 0.4) is 0 Å². The fourth-order valence-corrected chi connectivity index (χ4v) is 1.81. The number of aromatic carboxylic acids is 1. The first kappa shape index (κ1) is 14.2. The van der Waals surface area contributed by atoms with Gasteiger partial charge in [0.15, 0.2) is 5.82 Å². The summed E-state index contributed by atoms with van der Waals surface area (Å²) in [5.41, 5.74) is -0.359. The van der Waals surface area contributed by atoms with Crippen molar-refractivity contribution in [1.82, 2.24) is 4.37 Å². The molecular weight excluding hydrogens is 256 g/mol. The minimum Gasteiger partial charge on any atom is -0.477 e. The molecule has 7 heteroatoms. The summed E-state index contributed by atoms with van der Waals surface area (Å²) < 4.78 is 8.90. The summed E-state index contributed by atoms with van der Waals surface area (Å²) in [7, 11) is 0. The average molecular weight is 270 g/mol. The maximum Gasteiger partial charge on any atom is 0.413 e. The zero-order valence-electron chi connectivity index (χ0n) is 10.3. The Bertz CT molecular complexity index is 488. The molecule has 18 heavy (non-hydrogen) atoms. The molecule has 1 heterocycles. The summed E-state index contributed by atoms with van der Waals surface area (Å²) in [6, 6.07) is 0. The van der Waals surface area contributed by atoms with Crippen LogP contribution >= 0.6 is 11.5 Å². The SMILES string of the molecule is C=Cc1c(NC(=O)OC(C)(C)C)nsc1C(=O)O. The zero-order valence-corrected chi connectivity index (χ0v) is 11.1. The molecule has 0 aliphatic rings. The summed E-state index contributed by atoms with van der Waals surface area (Å²) >= 11 is 0.778. The molecule has 0 atom stereocenters. The van der Waals surface area contributed by atoms with Crippen LogP contribution in [0.5, 0.6) is 0 Å². The minimum atomic E-state index is -1.11. The number of carbonyl (C=O) groups is 2. The Labute approximate surface area is 108 Å². The highest BCUT2D eigenvalue weighted by Gasteiger charge is 2.21. The van der Waals surface area contributed by atoms with E-state index in [-0.39, 0.29) is 16.3 Å². The molecule has 0 radical (unpaired) electrons. The Morgan fingerprint density at radius 1 is 1.50 bits per heavy atom. The van der Waals surface area contributed by atoms with Crippen LogP contribution in [0.25, 0.3) is 6.08 Å². The highest BCUT2D eigenvalue weighted by molar-refractivity contribution is 7.08. The number of nitrogens with one attached hydrogen (secondary N) is 1. The van der Waals surface area contributed by atoms with Crippen LogP contribution in [0.2, 0.25) is 0 Å². The molecule has 1 aromatic heterocycles. The number of rotatable bonds is 3. The quantitative estimate of drug-likeness (QED) is 0.881. The van der Waals surface area contributed by atoms with Crippen molar-refractivity contribution in [3.8, 4) is 0 Å². The van der Waals surface area contributed by atoms with Crippen LogP contribution in [0.15, 0.2) is 6.58 Å². The first-order chi connectivity index (χ1) is 8.24. The number of carboxylic acids is 1. The Morgan fingerprint density at radius 2 is 2.11 bits per heavy atom. The average Bonchev–Trinajstić information content (AvgIpc) is 2.57. The third-order valence-corrected chi connectivity index (χ3v) is 2.60. The van der Waals surface area contributed by atoms with Gasteiger partial charge in [-0.1, -0.05) is 12.7 Å². The largest absolute Gasteiger partial charge is 0.477 e. The van der Waals surface area contributed by atoms with E-state index in [1.54, 1.807) is 20.8 Å². The molecule has 0 unspecified atom stereocenters. The van der Waals surface area contributed by atoms with Gasteiger partial charge in [0.1, 0.15) is 10.5 Å². The van der Waals surface area contributed by atoms with Gasteiger partial charge in [0.2, 0.25) is 0 Å². The van der Waals surface area contributed by atoms with E-state index in [1.807, 2.05) is 0 Å². The van der Waals surface area contributed by atoms with Gasteiger partial charge in [0.05, 0.1) is 0 Å². The lowest BCUT2D eigenvalue weighted by molar-refractivity contribution is 0.0632. The number of carboxylic acid groups (broad SMARTS) is 1. The lowest BCUT2D eigenvalue weighted by Gasteiger charge is -2.19. The van der Waals surface area contributed by atoms with Crippen molar-refractivity contribution in [2.45, 2.75) is 26.4 Å². The molecule has 0 aliphatic heterocycles. The summed E-state index contributed by atoms with van der Waals surface area (Å²) in [5.74, 6) is -0.971. The number of hydrogen-bond acceptors (Lipinski definition) is 5. The first-order valence-electron chi connectivity index (χ1n) is 5.10. The smallest absolute Gasteiger partial charge is 0.413 e. The second-order valence-corrected chi connectivity index (χ2v) is 5.18. The second-order valence-electron chi connectivity index (χ2n) is 4.41. The minimum absolute atomic E-state index is 0.0241. The predicted molar refractivity (Wildman–Crippen MR) is 69.0 cm³/mol. The lowest BCUT2D eigenvalue weighted by Crippen LogP contribution is -2.27. The summed E-state index contributed by atoms with van der Waals surface area (Å²) in [5, 5.41) is 11.3. The van der Waals surface area contributed by atoms with E-state index in [0.717, 1.165) is 11.5 Å². The van der Waals surface area contributed by atoms with E-state index < -0.39 is 17.7 Å². The van der Waals surface area contributed by atoms with Crippen LogP contribution in [-0.2, 0) is 4.74 Å². The predicted octanol–water partition coefficient (Wildman–Crippen LogP) is 2.83. The van der Waals surface area contributed by atoms with Gasteiger partial charge in [-0.2, -0.15) is 4.37 Å². The number of aromatic nitrogens is 1. The van der Waals surface area contributed by atoms with Crippen LogP contribution in [0.1, 0.15) is 36.0 Å². The van der Waals surface area contributed by atoms with Gasteiger partial charge in [0, 0.05) is 5.56 Å². The molecule has 2 N–H and O–H groups in total. The fourth-order valence-electron chi connectivity index (χ4n) is 1.13. The van der Waals surface area contributed by atoms with E-state index in [4.69, 9.17) is 9.84 Å². The second kappa shape index (κ2) is 5.18. The maximum atomic E-state index is 11.5. The van der Waals surface area contributed by atoms with Gasteiger partial charge >= 0.3 is 12.1 Å². The molecule has 6 nitrogen and oxygen atoms in total. The third-order valence-electron chi connectivity index (χ3n) is 1.75. The monoisotopic (exact) mass is 270 g/mol. The molecule has 0 fully saturated rings. The first-order valence-corrected chi connectivity index (χ1v) is 5.87. The maximum absolute atomic E-state index is 11.5. The molecule has 0 aliphatic carbocycles. The molecule has 98 valence electrons. The normalized spacial score (nSPS) is 10.8. The highest BCUT2D eigenvalue weighted by atomic mass is 32.1. The lowest BCUT2D eigenvalue weighted by atomic mass is 10.2. The van der Waals surface area contributed by atoms with E-state index in [1.165, 1.54) is 6.08 Å². The molecular formula is C11H14N2O4S. The number of ether oxygens (including phenoxy) is 1. The van der Waals surface area contributed by atoms with E-state index in [2.05, 4.69) is 16.3 Å². The number of amides is 1. The molecule has 0 bridgehead atoms. The number of anilines is 1. The third kappa shape index (κ3) is 3.56. The standard InChI is InChI=1S/C11H14N2O4S/c1-5-6-7(9(14)15)18-13-8(6)12-10(16)17-11(2,3)4/h5H,1H2,2-4H3,(H,14,15)(H,12,13,16). The topological polar surface area (TPSA) is 88.5 Å². The Kier molecular flexibility index (Phi) is 4.07. The van der Waals surface area contributed by atoms with Gasteiger partial charge in [-0.15, -0.1) is 0 Å². The number of nitrogens with zero attached hydrogens (tertiary/aromatic N) is 1. The van der Waals surface area contributed by atoms with Crippen molar-refractivity contribution < 1.29 is 19.4 Å². The molecule has 0 saturated heterocycles. The summed E-state index contributed by atoms with van der Waals surface area (Å²) in [4.78, 5) is 22.4.